The van der Waals surface area contributed by atoms with Gasteiger partial charge in [0.2, 0.25) is 0 Å². The molecule has 1 heterocycles. The Morgan fingerprint density at radius 1 is 1.26 bits per heavy atom. The van der Waals surface area contributed by atoms with Gasteiger partial charge in [0.05, 0.1) is 0 Å². The number of hydrogen-bond donors (Lipinski definition) is 1. The maximum absolute atomic E-state index is 6.05. The zero-order chi connectivity index (χ0) is 13.7. The lowest BCUT2D eigenvalue weighted by Crippen LogP contribution is -2.35. The topological polar surface area (TPSA) is 26.0 Å². The number of benzene rings is 1. The lowest BCUT2D eigenvalue weighted by Gasteiger charge is -2.40. The van der Waals surface area contributed by atoms with Crippen LogP contribution in [0.25, 0.3) is 0 Å². The van der Waals surface area contributed by atoms with E-state index in [2.05, 4.69) is 43.8 Å². The van der Waals surface area contributed by atoms with E-state index in [0.717, 1.165) is 13.0 Å². The van der Waals surface area contributed by atoms with Gasteiger partial charge in [-0.1, -0.05) is 35.9 Å². The minimum absolute atomic E-state index is 0.178. The van der Waals surface area contributed by atoms with Crippen molar-refractivity contribution in [3.05, 3.63) is 48.0 Å². The Morgan fingerprint density at radius 3 is 2.42 bits per heavy atom. The van der Waals surface area contributed by atoms with Gasteiger partial charge in [0.25, 0.3) is 0 Å². The normalized spacial score (nSPS) is 27.2. The van der Waals surface area contributed by atoms with Gasteiger partial charge in [0.15, 0.2) is 0 Å². The summed E-state index contributed by atoms with van der Waals surface area (Å²) in [5.41, 5.74) is 9.21. The first kappa shape index (κ1) is 14.8. The first-order chi connectivity index (χ1) is 9.13. The van der Waals surface area contributed by atoms with Crippen molar-refractivity contribution in [1.29, 1.82) is 0 Å². The van der Waals surface area contributed by atoms with Crippen molar-refractivity contribution in [2.45, 2.75) is 32.3 Å². The molecule has 0 atom stereocenters. The Bertz CT molecular complexity index is 405. The van der Waals surface area contributed by atoms with E-state index in [1.54, 1.807) is 0 Å². The van der Waals surface area contributed by atoms with E-state index in [9.17, 15) is 0 Å². The Kier molecular flexibility index (Phi) is 5.19. The van der Waals surface area contributed by atoms with Crippen LogP contribution in [0.2, 0.25) is 0 Å². The minimum atomic E-state index is 0.178. The third-order valence-electron chi connectivity index (χ3n) is 4.28. The van der Waals surface area contributed by atoms with Gasteiger partial charge in [0.1, 0.15) is 0 Å². The van der Waals surface area contributed by atoms with Crippen molar-refractivity contribution in [1.82, 2.24) is 0 Å². The highest BCUT2D eigenvalue weighted by atomic mass is 31.1. The molecule has 1 aliphatic rings. The van der Waals surface area contributed by atoms with Crippen LogP contribution in [0.3, 0.4) is 0 Å². The summed E-state index contributed by atoms with van der Waals surface area (Å²) in [7, 11) is 0.178. The second kappa shape index (κ2) is 6.68. The fraction of sp³-hybridized carbons (Fsp3) is 0.529. The molecule has 0 saturated carbocycles. The molecule has 0 aliphatic carbocycles. The molecule has 0 spiro atoms. The summed E-state index contributed by atoms with van der Waals surface area (Å²) in [6.45, 7) is 7.04. The molecule has 0 aromatic heterocycles. The molecule has 0 radical (unpaired) electrons. The predicted octanol–water partition coefficient (Wildman–Crippen LogP) is 4.37. The second-order valence-electron chi connectivity index (χ2n) is 6.10. The average molecular weight is 275 g/mol. The smallest absolute Gasteiger partial charge is 0.00172 e. The zero-order valence-corrected chi connectivity index (χ0v) is 13.0. The van der Waals surface area contributed by atoms with Crippen LogP contribution in [0.4, 0.5) is 0 Å². The monoisotopic (exact) mass is 275 g/mol. The largest absolute Gasteiger partial charge is 0.330 e. The van der Waals surface area contributed by atoms with E-state index >= 15 is 0 Å². The highest BCUT2D eigenvalue weighted by Crippen LogP contribution is 2.51. The van der Waals surface area contributed by atoms with Crippen LogP contribution in [0.15, 0.2) is 42.5 Å². The number of allylic oxidation sites excluding steroid dienone is 1. The third kappa shape index (κ3) is 4.16. The van der Waals surface area contributed by atoms with Crippen molar-refractivity contribution in [3.8, 4) is 0 Å². The maximum atomic E-state index is 6.05. The van der Waals surface area contributed by atoms with E-state index in [1.807, 2.05) is 0 Å². The number of nitrogens with two attached hydrogens (primary N) is 1. The molecule has 2 N–H and O–H groups in total. The molecule has 19 heavy (non-hydrogen) atoms. The summed E-state index contributed by atoms with van der Waals surface area (Å²) in [6, 6.07) is 10.9. The summed E-state index contributed by atoms with van der Waals surface area (Å²) in [6.07, 6.45) is 7.79. The van der Waals surface area contributed by atoms with Gasteiger partial charge >= 0.3 is 0 Å². The van der Waals surface area contributed by atoms with Crippen LogP contribution in [-0.2, 0) is 6.16 Å². The molecule has 1 fully saturated rings. The maximum Gasteiger partial charge on any atom is -0.00172 e. The number of hydrogen-bond acceptors (Lipinski definition) is 1. The van der Waals surface area contributed by atoms with Crippen LogP contribution in [-0.4, -0.2) is 18.9 Å². The van der Waals surface area contributed by atoms with Gasteiger partial charge in [-0.25, -0.2) is 0 Å². The zero-order valence-electron chi connectivity index (χ0n) is 12.1. The fourth-order valence-corrected chi connectivity index (χ4v) is 5.97. The molecular formula is C17H26NP. The quantitative estimate of drug-likeness (QED) is 0.626. The summed E-state index contributed by atoms with van der Waals surface area (Å²) in [5.74, 6) is 0. The summed E-state index contributed by atoms with van der Waals surface area (Å²) < 4.78 is 0. The van der Waals surface area contributed by atoms with Crippen molar-refractivity contribution in [3.63, 3.8) is 0 Å². The molecule has 0 bridgehead atoms. The first-order valence-electron chi connectivity index (χ1n) is 7.24. The van der Waals surface area contributed by atoms with Crippen LogP contribution in [0.5, 0.6) is 0 Å². The molecule has 0 amide bonds. The molecule has 1 saturated heterocycles. The fourth-order valence-electron chi connectivity index (χ4n) is 3.12. The Labute approximate surface area is 119 Å². The van der Waals surface area contributed by atoms with Crippen molar-refractivity contribution in [2.75, 3.05) is 18.9 Å². The van der Waals surface area contributed by atoms with Gasteiger partial charge in [-0.05, 0) is 62.2 Å². The van der Waals surface area contributed by atoms with E-state index in [0.29, 0.717) is 5.41 Å². The Balaban J connectivity index is 1.89. The minimum Gasteiger partial charge on any atom is -0.330 e. The highest BCUT2D eigenvalue weighted by Gasteiger charge is 2.33. The molecule has 1 aromatic carbocycles. The summed E-state index contributed by atoms with van der Waals surface area (Å²) in [4.78, 5) is 0. The van der Waals surface area contributed by atoms with E-state index < -0.39 is 0 Å². The highest BCUT2D eigenvalue weighted by molar-refractivity contribution is 7.56. The molecule has 1 aromatic rings. The standard InChI is InChI=1S/C17H26NP/c1-15(2)12-17(14-18)8-10-19(11-9-17)13-16-6-4-3-5-7-16/h3-7H,1,8-14,18H2,2H3. The van der Waals surface area contributed by atoms with Crippen molar-refractivity contribution < 1.29 is 0 Å². The van der Waals surface area contributed by atoms with Gasteiger partial charge < -0.3 is 5.73 Å². The lowest BCUT2D eigenvalue weighted by atomic mass is 9.77. The lowest BCUT2D eigenvalue weighted by molar-refractivity contribution is 0.267. The van der Waals surface area contributed by atoms with Crippen LogP contribution >= 0.6 is 7.92 Å². The second-order valence-corrected chi connectivity index (χ2v) is 8.65. The molecule has 2 rings (SSSR count). The summed E-state index contributed by atoms with van der Waals surface area (Å²) in [5, 5.41) is 0. The Hall–Kier alpha value is -0.650. The van der Waals surface area contributed by atoms with Gasteiger partial charge in [-0.15, -0.1) is 14.5 Å². The first-order valence-corrected chi connectivity index (χ1v) is 9.14. The predicted molar refractivity (Wildman–Crippen MR) is 87.0 cm³/mol. The van der Waals surface area contributed by atoms with Gasteiger partial charge in [-0.3, -0.25) is 0 Å². The van der Waals surface area contributed by atoms with Crippen molar-refractivity contribution in [2.24, 2.45) is 11.1 Å². The molecule has 1 nitrogen and oxygen atoms in total. The van der Waals surface area contributed by atoms with E-state index in [-0.39, 0.29) is 7.92 Å². The SMILES string of the molecule is C=C(C)CC1(CN)CCP(Cc2ccccc2)CC1. The molecule has 0 unspecified atom stereocenters. The van der Waals surface area contributed by atoms with Crippen LogP contribution in [0, 0.1) is 5.41 Å². The number of rotatable bonds is 5. The van der Waals surface area contributed by atoms with Crippen LogP contribution < -0.4 is 5.73 Å². The Morgan fingerprint density at radius 2 is 1.89 bits per heavy atom. The van der Waals surface area contributed by atoms with Crippen LogP contribution in [0.1, 0.15) is 31.7 Å². The molecular weight excluding hydrogens is 249 g/mol. The summed E-state index contributed by atoms with van der Waals surface area (Å²) >= 11 is 0. The molecule has 1 aliphatic heterocycles. The van der Waals surface area contributed by atoms with Crippen molar-refractivity contribution >= 4 is 7.92 Å². The van der Waals surface area contributed by atoms with Gasteiger partial charge in [0, 0.05) is 0 Å². The molecule has 2 heteroatoms. The van der Waals surface area contributed by atoms with E-state index in [4.69, 9.17) is 5.73 Å². The average Bonchev–Trinajstić information content (AvgIpc) is 2.42. The molecule has 104 valence electrons. The van der Waals surface area contributed by atoms with E-state index in [1.165, 1.54) is 42.5 Å². The van der Waals surface area contributed by atoms with Gasteiger partial charge in [-0.2, -0.15) is 0 Å². The third-order valence-corrected chi connectivity index (χ3v) is 6.80.